The van der Waals surface area contributed by atoms with E-state index in [1.807, 2.05) is 20.8 Å². The van der Waals surface area contributed by atoms with Crippen molar-refractivity contribution >= 4 is 39.3 Å². The Morgan fingerprint density at radius 1 is 1.31 bits per heavy atom. The maximum Gasteiger partial charge on any atom is 0.248 e. The molecule has 32 heavy (non-hydrogen) atoms. The number of benzene rings is 1. The molecule has 0 bridgehead atoms. The van der Waals surface area contributed by atoms with E-state index in [1.165, 1.54) is 16.4 Å². The molecule has 1 N–H and O–H groups in total. The first-order chi connectivity index (χ1) is 15.1. The first kappa shape index (κ1) is 23.3. The second kappa shape index (κ2) is 8.85. The van der Waals surface area contributed by atoms with Gasteiger partial charge in [0.2, 0.25) is 21.8 Å². The number of hydrogen-bond donors (Lipinski definition) is 1. The minimum absolute atomic E-state index is 0.0278. The Morgan fingerprint density at radius 3 is 2.72 bits per heavy atom. The van der Waals surface area contributed by atoms with E-state index in [0.29, 0.717) is 31.1 Å². The molecule has 176 valence electrons. The summed E-state index contributed by atoms with van der Waals surface area (Å²) in [4.78, 5) is 27.0. The van der Waals surface area contributed by atoms with Gasteiger partial charge in [0.1, 0.15) is 11.8 Å². The molecular formula is C21H29N3O6S2. The molecule has 2 amide bonds. The highest BCUT2D eigenvalue weighted by molar-refractivity contribution is 8.01. The Kier molecular flexibility index (Phi) is 6.45. The summed E-state index contributed by atoms with van der Waals surface area (Å²) in [6, 6.07) is 3.89. The van der Waals surface area contributed by atoms with Gasteiger partial charge >= 0.3 is 0 Å². The Hall–Kier alpha value is -1.82. The summed E-state index contributed by atoms with van der Waals surface area (Å²) < 4.78 is 38.7. The highest BCUT2D eigenvalue weighted by Crippen LogP contribution is 2.47. The van der Waals surface area contributed by atoms with Crippen molar-refractivity contribution in [2.75, 3.05) is 37.4 Å². The Morgan fingerprint density at radius 2 is 2.03 bits per heavy atom. The third-order valence-corrected chi connectivity index (χ3v) is 9.33. The van der Waals surface area contributed by atoms with Gasteiger partial charge in [-0.25, -0.2) is 8.42 Å². The summed E-state index contributed by atoms with van der Waals surface area (Å²) in [6.07, 6.45) is 0.982. The molecule has 3 fully saturated rings. The van der Waals surface area contributed by atoms with Crippen LogP contribution < -0.4 is 10.1 Å². The maximum absolute atomic E-state index is 13.2. The van der Waals surface area contributed by atoms with Crippen LogP contribution in [0.15, 0.2) is 23.1 Å². The van der Waals surface area contributed by atoms with Crippen LogP contribution in [0.5, 0.6) is 5.75 Å². The first-order valence-electron chi connectivity index (χ1n) is 10.8. The van der Waals surface area contributed by atoms with Crippen LogP contribution in [0.1, 0.15) is 33.6 Å². The van der Waals surface area contributed by atoms with Crippen LogP contribution in [0.2, 0.25) is 0 Å². The number of thioether (sulfide) groups is 1. The molecule has 0 saturated carbocycles. The molecule has 3 aliphatic heterocycles. The quantitative estimate of drug-likeness (QED) is 0.659. The Balaban J connectivity index is 1.62. The highest BCUT2D eigenvalue weighted by atomic mass is 32.2. The smallest absolute Gasteiger partial charge is 0.248 e. The third-order valence-electron chi connectivity index (χ3n) is 5.93. The topological polar surface area (TPSA) is 105 Å². The highest BCUT2D eigenvalue weighted by Gasteiger charge is 2.53. The van der Waals surface area contributed by atoms with E-state index in [0.717, 1.165) is 6.42 Å². The minimum atomic E-state index is -3.74. The average Bonchev–Trinajstić information content (AvgIpc) is 3.25. The van der Waals surface area contributed by atoms with Gasteiger partial charge in [-0.1, -0.05) is 0 Å². The van der Waals surface area contributed by atoms with Crippen molar-refractivity contribution in [3.05, 3.63) is 18.2 Å². The standard InChI is InChI=1S/C21H29N3O6S2/c1-14(2)30-18-5-4-15(32(27,28)23-8-10-29-11-9-23)12-16(18)22-20(26)17-13-31-21(3)7-6-19(25)24(17)21/h4-5,12,14,17H,6-11,13H2,1-3H3,(H,22,26)/t17-,21-/m0/s1. The fourth-order valence-electron chi connectivity index (χ4n) is 4.29. The number of sulfonamides is 1. The van der Waals surface area contributed by atoms with Crippen LogP contribution in [0.25, 0.3) is 0 Å². The Labute approximate surface area is 192 Å². The predicted octanol–water partition coefficient (Wildman–Crippen LogP) is 1.89. The largest absolute Gasteiger partial charge is 0.489 e. The number of morpholine rings is 1. The van der Waals surface area contributed by atoms with Gasteiger partial charge in [-0.3, -0.25) is 9.59 Å². The monoisotopic (exact) mass is 483 g/mol. The van der Waals surface area contributed by atoms with Gasteiger partial charge in [-0.2, -0.15) is 4.31 Å². The number of amides is 2. The second-order valence-electron chi connectivity index (χ2n) is 8.60. The van der Waals surface area contributed by atoms with Crippen LogP contribution in [-0.2, 0) is 24.3 Å². The number of hydrogen-bond acceptors (Lipinski definition) is 7. The van der Waals surface area contributed by atoms with Gasteiger partial charge in [-0.15, -0.1) is 11.8 Å². The number of ether oxygens (including phenoxy) is 2. The lowest BCUT2D eigenvalue weighted by Crippen LogP contribution is -2.48. The lowest BCUT2D eigenvalue weighted by molar-refractivity contribution is -0.135. The lowest BCUT2D eigenvalue weighted by Gasteiger charge is -2.30. The van der Waals surface area contributed by atoms with E-state index in [9.17, 15) is 18.0 Å². The van der Waals surface area contributed by atoms with Gasteiger partial charge < -0.3 is 19.7 Å². The molecular weight excluding hydrogens is 454 g/mol. The van der Waals surface area contributed by atoms with Crippen molar-refractivity contribution in [1.82, 2.24) is 9.21 Å². The summed E-state index contributed by atoms with van der Waals surface area (Å²) in [5.74, 6) is 0.515. The van der Waals surface area contributed by atoms with Crippen LogP contribution in [0.3, 0.4) is 0 Å². The number of nitrogens with zero attached hydrogens (tertiary/aromatic N) is 2. The number of carbonyl (C=O) groups excluding carboxylic acids is 2. The SMILES string of the molecule is CC(C)Oc1ccc(S(=O)(=O)N2CCOCC2)cc1NC(=O)[C@@H]1CS[C@@]2(C)CCC(=O)N12. The van der Waals surface area contributed by atoms with E-state index < -0.39 is 16.1 Å². The van der Waals surface area contributed by atoms with E-state index in [1.54, 1.807) is 22.7 Å². The van der Waals surface area contributed by atoms with E-state index in [4.69, 9.17) is 9.47 Å². The molecule has 0 aliphatic carbocycles. The van der Waals surface area contributed by atoms with Crippen molar-refractivity contribution in [3.63, 3.8) is 0 Å². The summed E-state index contributed by atoms with van der Waals surface area (Å²) in [5.41, 5.74) is 0.281. The van der Waals surface area contributed by atoms with Gasteiger partial charge in [0, 0.05) is 25.3 Å². The summed E-state index contributed by atoms with van der Waals surface area (Å²) in [6.45, 7) is 6.95. The summed E-state index contributed by atoms with van der Waals surface area (Å²) in [5, 5.41) is 2.84. The number of rotatable bonds is 6. The molecule has 0 aromatic heterocycles. The van der Waals surface area contributed by atoms with Gasteiger partial charge in [0.25, 0.3) is 0 Å². The molecule has 3 aliphatic rings. The molecule has 1 aromatic carbocycles. The van der Waals surface area contributed by atoms with Crippen LogP contribution >= 0.6 is 11.8 Å². The van der Waals surface area contributed by atoms with E-state index in [-0.39, 0.29) is 46.5 Å². The van der Waals surface area contributed by atoms with Crippen LogP contribution in [0, 0.1) is 0 Å². The number of nitrogens with one attached hydrogen (secondary N) is 1. The Bertz CT molecular complexity index is 1010. The molecule has 3 saturated heterocycles. The maximum atomic E-state index is 13.2. The molecule has 0 unspecified atom stereocenters. The fraction of sp³-hybridized carbons (Fsp3) is 0.619. The van der Waals surface area contributed by atoms with Crippen LogP contribution in [-0.4, -0.2) is 78.5 Å². The number of carbonyl (C=O) groups is 2. The first-order valence-corrected chi connectivity index (χ1v) is 13.2. The van der Waals surface area contributed by atoms with Crippen molar-refractivity contribution in [1.29, 1.82) is 0 Å². The molecule has 11 heteroatoms. The minimum Gasteiger partial charge on any atom is -0.489 e. The normalized spacial score (nSPS) is 26.4. The molecule has 1 aromatic rings. The molecule has 4 rings (SSSR count). The zero-order chi connectivity index (χ0) is 23.1. The molecule has 2 atom stereocenters. The fourth-order valence-corrected chi connectivity index (χ4v) is 7.16. The van der Waals surface area contributed by atoms with E-state index in [2.05, 4.69) is 5.32 Å². The third kappa shape index (κ3) is 4.35. The number of fused-ring (bicyclic) bond motifs is 1. The predicted molar refractivity (Wildman–Crippen MR) is 121 cm³/mol. The molecule has 0 spiro atoms. The zero-order valence-corrected chi connectivity index (χ0v) is 20.1. The van der Waals surface area contributed by atoms with Gasteiger partial charge in [0.15, 0.2) is 0 Å². The van der Waals surface area contributed by atoms with Crippen molar-refractivity contribution in [2.24, 2.45) is 0 Å². The van der Waals surface area contributed by atoms with Gasteiger partial charge in [0.05, 0.1) is 34.8 Å². The number of anilines is 1. The molecule has 0 radical (unpaired) electrons. The van der Waals surface area contributed by atoms with E-state index >= 15 is 0 Å². The van der Waals surface area contributed by atoms with Crippen LogP contribution in [0.4, 0.5) is 5.69 Å². The second-order valence-corrected chi connectivity index (χ2v) is 12.0. The zero-order valence-electron chi connectivity index (χ0n) is 18.5. The van der Waals surface area contributed by atoms with Crippen molar-refractivity contribution < 1.29 is 27.5 Å². The average molecular weight is 484 g/mol. The summed E-state index contributed by atoms with van der Waals surface area (Å²) >= 11 is 1.61. The summed E-state index contributed by atoms with van der Waals surface area (Å²) in [7, 11) is -3.74. The van der Waals surface area contributed by atoms with Gasteiger partial charge in [-0.05, 0) is 45.4 Å². The molecule has 3 heterocycles. The van der Waals surface area contributed by atoms with Crippen molar-refractivity contribution in [2.45, 2.75) is 55.5 Å². The lowest BCUT2D eigenvalue weighted by atomic mass is 10.2. The molecule has 9 nitrogen and oxygen atoms in total. The van der Waals surface area contributed by atoms with Crippen molar-refractivity contribution in [3.8, 4) is 5.75 Å².